The Balaban J connectivity index is 3.79. The Labute approximate surface area is 117 Å². The zero-order chi connectivity index (χ0) is 13.6. The summed E-state index contributed by atoms with van der Waals surface area (Å²) in [5, 5.41) is 0. The molecule has 1 unspecified atom stereocenters. The minimum Gasteiger partial charge on any atom is -0.464 e. The Kier molecular flexibility index (Phi) is 13.0. The van der Waals surface area contributed by atoms with E-state index in [9.17, 15) is 4.79 Å². The van der Waals surface area contributed by atoms with Gasteiger partial charge in [0.15, 0.2) is 0 Å². The number of ether oxygens (including phenoxy) is 1. The first kappa shape index (κ1) is 17.7. The Morgan fingerprint density at radius 3 is 2.39 bits per heavy atom. The highest BCUT2D eigenvalue weighted by Gasteiger charge is 2.11. The van der Waals surface area contributed by atoms with Gasteiger partial charge in [0.2, 0.25) is 0 Å². The van der Waals surface area contributed by atoms with Crippen molar-refractivity contribution in [2.24, 2.45) is 5.92 Å². The molecule has 1 N–H and O–H groups in total. The highest BCUT2D eigenvalue weighted by Crippen LogP contribution is 2.17. The van der Waals surface area contributed by atoms with E-state index in [4.69, 9.17) is 16.5 Å². The van der Waals surface area contributed by atoms with Crippen LogP contribution in [-0.2, 0) is 9.53 Å². The van der Waals surface area contributed by atoms with Crippen LogP contribution in [0.15, 0.2) is 0 Å². The smallest absolute Gasteiger partial charge is 0.321 e. The minimum absolute atomic E-state index is 0.0812. The van der Waals surface area contributed by atoms with E-state index in [0.717, 1.165) is 6.42 Å². The largest absolute Gasteiger partial charge is 0.464 e. The molecular weight excluding hydrogens is 250 g/mol. The average Bonchev–Trinajstić information content (AvgIpc) is 2.37. The molecule has 0 spiro atoms. The zero-order valence-electron chi connectivity index (χ0n) is 11.8. The van der Waals surface area contributed by atoms with Crippen LogP contribution < -0.4 is 4.84 Å². The summed E-state index contributed by atoms with van der Waals surface area (Å²) in [7, 11) is 0. The first-order chi connectivity index (χ1) is 8.74. The maximum Gasteiger partial charge on any atom is 0.321 e. The standard InChI is InChI=1S/C14H28ClNO2/c1-3-5-7-8-10-13(9-6-4-2)12-18-14(17)11-16-15/h13,16H,3-12H2,1-2H3. The van der Waals surface area contributed by atoms with Crippen LogP contribution in [-0.4, -0.2) is 19.1 Å². The lowest BCUT2D eigenvalue weighted by Gasteiger charge is -2.16. The number of esters is 1. The van der Waals surface area contributed by atoms with Crippen LogP contribution in [0.4, 0.5) is 0 Å². The van der Waals surface area contributed by atoms with Crippen molar-refractivity contribution in [3.63, 3.8) is 0 Å². The number of rotatable bonds is 12. The molecule has 0 amide bonds. The van der Waals surface area contributed by atoms with Crippen molar-refractivity contribution in [1.82, 2.24) is 4.84 Å². The second-order valence-electron chi connectivity index (χ2n) is 4.85. The summed E-state index contributed by atoms with van der Waals surface area (Å²) in [6.07, 6.45) is 9.83. The van der Waals surface area contributed by atoms with E-state index < -0.39 is 0 Å². The third kappa shape index (κ3) is 10.8. The molecular formula is C14H28ClNO2. The molecule has 0 bridgehead atoms. The van der Waals surface area contributed by atoms with Crippen LogP contribution in [0.5, 0.6) is 0 Å². The van der Waals surface area contributed by atoms with E-state index >= 15 is 0 Å². The predicted molar refractivity (Wildman–Crippen MR) is 76.6 cm³/mol. The van der Waals surface area contributed by atoms with E-state index in [2.05, 4.69) is 18.7 Å². The molecule has 4 heteroatoms. The van der Waals surface area contributed by atoms with Gasteiger partial charge < -0.3 is 4.74 Å². The van der Waals surface area contributed by atoms with Gasteiger partial charge in [-0.1, -0.05) is 52.4 Å². The van der Waals surface area contributed by atoms with Crippen molar-refractivity contribution in [3.8, 4) is 0 Å². The highest BCUT2D eigenvalue weighted by molar-refractivity contribution is 6.14. The van der Waals surface area contributed by atoms with Crippen LogP contribution in [0.1, 0.15) is 65.2 Å². The van der Waals surface area contributed by atoms with Crippen molar-refractivity contribution >= 4 is 17.7 Å². The molecule has 0 aromatic carbocycles. The topological polar surface area (TPSA) is 38.3 Å². The third-order valence-corrected chi connectivity index (χ3v) is 3.26. The number of hydrogen-bond donors (Lipinski definition) is 1. The third-order valence-electron chi connectivity index (χ3n) is 3.12. The van der Waals surface area contributed by atoms with E-state index in [-0.39, 0.29) is 12.5 Å². The van der Waals surface area contributed by atoms with Crippen molar-refractivity contribution in [2.75, 3.05) is 13.2 Å². The van der Waals surface area contributed by atoms with Gasteiger partial charge in [0.05, 0.1) is 6.61 Å². The number of halogens is 1. The van der Waals surface area contributed by atoms with Gasteiger partial charge in [-0.2, -0.15) is 0 Å². The molecule has 1 atom stereocenters. The second kappa shape index (κ2) is 13.2. The first-order valence-corrected chi connectivity index (χ1v) is 7.61. The fourth-order valence-corrected chi connectivity index (χ4v) is 2.09. The summed E-state index contributed by atoms with van der Waals surface area (Å²) in [5.41, 5.74) is 0. The molecule has 0 aliphatic heterocycles. The molecule has 0 aliphatic carbocycles. The normalized spacial score (nSPS) is 12.4. The molecule has 0 aromatic rings. The van der Waals surface area contributed by atoms with Gasteiger partial charge in [0, 0.05) is 0 Å². The Hall–Kier alpha value is -0.280. The van der Waals surface area contributed by atoms with Crippen molar-refractivity contribution in [2.45, 2.75) is 65.2 Å². The van der Waals surface area contributed by atoms with Gasteiger partial charge in [0.1, 0.15) is 6.54 Å². The van der Waals surface area contributed by atoms with Gasteiger partial charge in [-0.15, -0.1) is 0 Å². The van der Waals surface area contributed by atoms with Crippen LogP contribution in [0.2, 0.25) is 0 Å². The van der Waals surface area contributed by atoms with Crippen molar-refractivity contribution in [3.05, 3.63) is 0 Å². The quantitative estimate of drug-likeness (QED) is 0.332. The lowest BCUT2D eigenvalue weighted by Crippen LogP contribution is -2.21. The number of unbranched alkanes of at least 4 members (excludes halogenated alkanes) is 4. The van der Waals surface area contributed by atoms with Crippen LogP contribution >= 0.6 is 11.8 Å². The summed E-state index contributed by atoms with van der Waals surface area (Å²) in [4.78, 5) is 13.5. The molecule has 0 saturated carbocycles. The molecule has 0 heterocycles. The highest BCUT2D eigenvalue weighted by atomic mass is 35.5. The molecule has 108 valence electrons. The summed E-state index contributed by atoms with van der Waals surface area (Å²) in [5.74, 6) is 0.251. The monoisotopic (exact) mass is 277 g/mol. The maximum absolute atomic E-state index is 11.2. The number of carbonyl (C=O) groups is 1. The number of hydrogen-bond acceptors (Lipinski definition) is 3. The summed E-state index contributed by atoms with van der Waals surface area (Å²) in [6, 6.07) is 0. The molecule has 0 rings (SSSR count). The zero-order valence-corrected chi connectivity index (χ0v) is 12.6. The summed E-state index contributed by atoms with van der Waals surface area (Å²) < 4.78 is 5.21. The van der Waals surface area contributed by atoms with Crippen LogP contribution in [0.25, 0.3) is 0 Å². The molecule has 18 heavy (non-hydrogen) atoms. The van der Waals surface area contributed by atoms with Crippen LogP contribution in [0, 0.1) is 5.92 Å². The van der Waals surface area contributed by atoms with Crippen molar-refractivity contribution in [1.29, 1.82) is 0 Å². The van der Waals surface area contributed by atoms with E-state index in [1.165, 1.54) is 44.9 Å². The fraction of sp³-hybridized carbons (Fsp3) is 0.929. The average molecular weight is 278 g/mol. The fourth-order valence-electron chi connectivity index (χ4n) is 1.98. The molecule has 0 saturated heterocycles. The molecule has 0 aromatic heterocycles. The minimum atomic E-state index is -0.264. The van der Waals surface area contributed by atoms with Gasteiger partial charge in [-0.3, -0.25) is 4.79 Å². The first-order valence-electron chi connectivity index (χ1n) is 7.23. The number of carbonyl (C=O) groups excluding carboxylic acids is 1. The van der Waals surface area contributed by atoms with Gasteiger partial charge >= 0.3 is 5.97 Å². The summed E-state index contributed by atoms with van der Waals surface area (Å²) in [6.45, 7) is 5.04. The van der Waals surface area contributed by atoms with Gasteiger partial charge in [-0.05, 0) is 30.5 Å². The van der Waals surface area contributed by atoms with E-state index in [0.29, 0.717) is 12.5 Å². The Bertz CT molecular complexity index is 200. The summed E-state index contributed by atoms with van der Waals surface area (Å²) >= 11 is 5.26. The Morgan fingerprint density at radius 2 is 1.78 bits per heavy atom. The van der Waals surface area contributed by atoms with E-state index in [1.807, 2.05) is 0 Å². The molecule has 0 radical (unpaired) electrons. The van der Waals surface area contributed by atoms with E-state index in [1.54, 1.807) is 0 Å². The van der Waals surface area contributed by atoms with Crippen LogP contribution in [0.3, 0.4) is 0 Å². The number of nitrogens with one attached hydrogen (secondary N) is 1. The molecule has 3 nitrogen and oxygen atoms in total. The van der Waals surface area contributed by atoms with Crippen molar-refractivity contribution < 1.29 is 9.53 Å². The predicted octanol–water partition coefficient (Wildman–Crippen LogP) is 4.05. The maximum atomic E-state index is 11.2. The second-order valence-corrected chi connectivity index (χ2v) is 5.12. The SMILES string of the molecule is CCCCCCC(CCCC)COC(=O)CNCl. The molecule has 0 aliphatic rings. The lowest BCUT2D eigenvalue weighted by molar-refractivity contribution is -0.143. The van der Waals surface area contributed by atoms with Gasteiger partial charge in [0.25, 0.3) is 0 Å². The molecule has 0 fully saturated rings. The lowest BCUT2D eigenvalue weighted by atomic mass is 9.96. The van der Waals surface area contributed by atoms with Gasteiger partial charge in [-0.25, -0.2) is 4.84 Å². The Morgan fingerprint density at radius 1 is 1.11 bits per heavy atom.